The fourth-order valence-electron chi connectivity index (χ4n) is 3.31. The van der Waals surface area contributed by atoms with E-state index in [9.17, 15) is 5.26 Å². The van der Waals surface area contributed by atoms with Crippen molar-refractivity contribution < 1.29 is 0 Å². The van der Waals surface area contributed by atoms with E-state index >= 15 is 0 Å². The monoisotopic (exact) mass is 296 g/mol. The lowest BCUT2D eigenvalue weighted by Crippen LogP contribution is -2.09. The molecule has 3 aromatic rings. The number of fused-ring (bicyclic) bond motifs is 1. The first-order valence-electron chi connectivity index (χ1n) is 7.85. The van der Waals surface area contributed by atoms with Crippen molar-refractivity contribution in [2.45, 2.75) is 18.4 Å². The van der Waals surface area contributed by atoms with Gasteiger partial charge < -0.3 is 0 Å². The molecule has 0 aliphatic carbocycles. The van der Waals surface area contributed by atoms with Crippen LogP contribution in [0.4, 0.5) is 0 Å². The number of hydrogen-bond acceptors (Lipinski definition) is 2. The third-order valence-corrected chi connectivity index (χ3v) is 4.53. The summed E-state index contributed by atoms with van der Waals surface area (Å²) in [7, 11) is 0. The van der Waals surface area contributed by atoms with Crippen molar-refractivity contribution in [1.82, 2.24) is 0 Å². The SMILES string of the molecule is N#C[C@H]1N=C(c2ccc3ccccc3c2)C[C@@H]1c1ccccc1. The minimum absolute atomic E-state index is 0.155. The molecule has 2 atom stereocenters. The maximum Gasteiger partial charge on any atom is 0.144 e. The summed E-state index contributed by atoms with van der Waals surface area (Å²) in [4.78, 5) is 4.70. The molecule has 23 heavy (non-hydrogen) atoms. The van der Waals surface area contributed by atoms with Crippen LogP contribution in [0.5, 0.6) is 0 Å². The van der Waals surface area contributed by atoms with Crippen LogP contribution in [0, 0.1) is 11.3 Å². The Morgan fingerprint density at radius 2 is 1.61 bits per heavy atom. The van der Waals surface area contributed by atoms with Gasteiger partial charge in [-0.05, 0) is 34.4 Å². The highest BCUT2D eigenvalue weighted by Crippen LogP contribution is 2.33. The van der Waals surface area contributed by atoms with Gasteiger partial charge in [0.15, 0.2) is 0 Å². The highest BCUT2D eigenvalue weighted by atomic mass is 14.8. The molecular weight excluding hydrogens is 280 g/mol. The molecular formula is C21H16N2. The molecule has 0 saturated carbocycles. The minimum Gasteiger partial charge on any atom is -0.270 e. The Bertz CT molecular complexity index is 919. The normalized spacial score (nSPS) is 20.2. The molecule has 1 heterocycles. The van der Waals surface area contributed by atoms with Crippen molar-refractivity contribution in [3.8, 4) is 6.07 Å². The van der Waals surface area contributed by atoms with Gasteiger partial charge in [-0.1, -0.05) is 66.7 Å². The van der Waals surface area contributed by atoms with E-state index < -0.39 is 0 Å². The van der Waals surface area contributed by atoms with Gasteiger partial charge in [0.25, 0.3) is 0 Å². The number of aliphatic imine (C=N–C) groups is 1. The Labute approximate surface area is 135 Å². The number of rotatable bonds is 2. The molecule has 2 nitrogen and oxygen atoms in total. The van der Waals surface area contributed by atoms with Crippen molar-refractivity contribution >= 4 is 16.5 Å². The molecule has 3 aromatic carbocycles. The molecule has 0 aromatic heterocycles. The van der Waals surface area contributed by atoms with Gasteiger partial charge >= 0.3 is 0 Å². The summed E-state index contributed by atoms with van der Waals surface area (Å²) in [5, 5.41) is 11.9. The Hall–Kier alpha value is -2.92. The van der Waals surface area contributed by atoms with Crippen LogP contribution in [0.1, 0.15) is 23.5 Å². The topological polar surface area (TPSA) is 36.1 Å². The average molecular weight is 296 g/mol. The van der Waals surface area contributed by atoms with Gasteiger partial charge in [-0.2, -0.15) is 5.26 Å². The lowest BCUT2D eigenvalue weighted by molar-refractivity contribution is 0.687. The zero-order valence-electron chi connectivity index (χ0n) is 12.7. The van der Waals surface area contributed by atoms with Crippen LogP contribution in [0.25, 0.3) is 10.8 Å². The smallest absolute Gasteiger partial charge is 0.144 e. The van der Waals surface area contributed by atoms with Crippen molar-refractivity contribution in [2.75, 3.05) is 0 Å². The summed E-state index contributed by atoms with van der Waals surface area (Å²) in [5.41, 5.74) is 3.36. The Morgan fingerprint density at radius 1 is 0.870 bits per heavy atom. The van der Waals surface area contributed by atoms with Gasteiger partial charge in [0.05, 0.1) is 6.07 Å². The van der Waals surface area contributed by atoms with Gasteiger partial charge in [-0.15, -0.1) is 0 Å². The Kier molecular flexibility index (Phi) is 3.40. The second-order valence-corrected chi connectivity index (χ2v) is 5.93. The van der Waals surface area contributed by atoms with Crippen LogP contribution < -0.4 is 0 Å². The molecule has 0 spiro atoms. The molecule has 0 saturated heterocycles. The Balaban J connectivity index is 1.70. The quantitative estimate of drug-likeness (QED) is 0.674. The van der Waals surface area contributed by atoms with Crippen LogP contribution in [0.3, 0.4) is 0 Å². The summed E-state index contributed by atoms with van der Waals surface area (Å²) >= 11 is 0. The largest absolute Gasteiger partial charge is 0.270 e. The third-order valence-electron chi connectivity index (χ3n) is 4.53. The van der Waals surface area contributed by atoms with E-state index in [1.54, 1.807) is 0 Å². The fraction of sp³-hybridized carbons (Fsp3) is 0.143. The molecule has 0 unspecified atom stereocenters. The van der Waals surface area contributed by atoms with Crippen LogP contribution in [-0.4, -0.2) is 11.8 Å². The predicted octanol–water partition coefficient (Wildman–Crippen LogP) is 4.71. The van der Waals surface area contributed by atoms with Gasteiger partial charge in [-0.25, -0.2) is 0 Å². The van der Waals surface area contributed by atoms with E-state index in [1.807, 2.05) is 30.3 Å². The van der Waals surface area contributed by atoms with Crippen molar-refractivity contribution in [3.05, 3.63) is 83.9 Å². The molecule has 0 radical (unpaired) electrons. The standard InChI is InChI=1S/C21H16N2/c22-14-21-19(16-7-2-1-3-8-16)13-20(23-21)18-11-10-15-6-4-5-9-17(15)12-18/h1-12,19,21H,13H2/t19-,21-/m1/s1. The van der Waals surface area contributed by atoms with Crippen LogP contribution in [0.15, 0.2) is 77.8 Å². The third kappa shape index (κ3) is 2.51. The molecule has 4 rings (SSSR count). The zero-order chi connectivity index (χ0) is 15.6. The first kappa shape index (κ1) is 13.7. The maximum atomic E-state index is 9.48. The van der Waals surface area contributed by atoms with E-state index in [1.165, 1.54) is 16.3 Å². The Morgan fingerprint density at radius 3 is 2.39 bits per heavy atom. The molecule has 0 amide bonds. The zero-order valence-corrected chi connectivity index (χ0v) is 12.7. The summed E-state index contributed by atoms with van der Waals surface area (Å²) in [6.07, 6.45) is 0.820. The summed E-state index contributed by atoms with van der Waals surface area (Å²) < 4.78 is 0. The van der Waals surface area contributed by atoms with E-state index in [-0.39, 0.29) is 12.0 Å². The van der Waals surface area contributed by atoms with E-state index in [0.29, 0.717) is 0 Å². The molecule has 0 bridgehead atoms. The van der Waals surface area contributed by atoms with Gasteiger partial charge in [0, 0.05) is 11.6 Å². The predicted molar refractivity (Wildman–Crippen MR) is 93.7 cm³/mol. The highest BCUT2D eigenvalue weighted by molar-refractivity contribution is 6.05. The lowest BCUT2D eigenvalue weighted by atomic mass is 9.89. The van der Waals surface area contributed by atoms with E-state index in [2.05, 4.69) is 48.5 Å². The number of nitriles is 1. The number of hydrogen-bond donors (Lipinski definition) is 0. The van der Waals surface area contributed by atoms with E-state index in [0.717, 1.165) is 17.7 Å². The molecule has 2 heteroatoms. The average Bonchev–Trinajstić information content (AvgIpc) is 3.06. The van der Waals surface area contributed by atoms with Crippen molar-refractivity contribution in [3.63, 3.8) is 0 Å². The first-order valence-corrected chi connectivity index (χ1v) is 7.85. The van der Waals surface area contributed by atoms with Crippen LogP contribution in [-0.2, 0) is 0 Å². The van der Waals surface area contributed by atoms with Crippen molar-refractivity contribution in [1.29, 1.82) is 5.26 Å². The molecule has 1 aliphatic rings. The summed E-state index contributed by atoms with van der Waals surface area (Å²) in [6.45, 7) is 0. The van der Waals surface area contributed by atoms with Gasteiger partial charge in [-0.3, -0.25) is 4.99 Å². The number of nitrogens with zero attached hydrogens (tertiary/aromatic N) is 2. The highest BCUT2D eigenvalue weighted by Gasteiger charge is 2.30. The van der Waals surface area contributed by atoms with Crippen LogP contribution in [0.2, 0.25) is 0 Å². The minimum atomic E-state index is -0.293. The second kappa shape index (κ2) is 5.70. The second-order valence-electron chi connectivity index (χ2n) is 5.93. The molecule has 1 aliphatic heterocycles. The lowest BCUT2D eigenvalue weighted by Gasteiger charge is -2.12. The maximum absolute atomic E-state index is 9.48. The molecule has 0 fully saturated rings. The van der Waals surface area contributed by atoms with Gasteiger partial charge in [0.2, 0.25) is 0 Å². The summed E-state index contributed by atoms with van der Waals surface area (Å²) in [6, 6.07) is 27.1. The van der Waals surface area contributed by atoms with Crippen LogP contribution >= 0.6 is 0 Å². The first-order chi connectivity index (χ1) is 11.3. The molecule has 110 valence electrons. The summed E-state index contributed by atoms with van der Waals surface area (Å²) in [5.74, 6) is 0.155. The van der Waals surface area contributed by atoms with E-state index in [4.69, 9.17) is 4.99 Å². The molecule has 0 N–H and O–H groups in total. The number of benzene rings is 3. The van der Waals surface area contributed by atoms with Crippen molar-refractivity contribution in [2.24, 2.45) is 4.99 Å². The fourth-order valence-corrected chi connectivity index (χ4v) is 3.31. The van der Waals surface area contributed by atoms with Gasteiger partial charge in [0.1, 0.15) is 6.04 Å².